The molecule has 5 rings (SSSR count). The number of nitrogens with one attached hydrogen (secondary N) is 1. The highest BCUT2D eigenvalue weighted by Gasteiger charge is 2.23. The number of rotatable bonds is 5. The lowest BCUT2D eigenvalue weighted by Crippen LogP contribution is -2.09. The topological polar surface area (TPSA) is 88.1 Å². The number of nitrogens with zero attached hydrogens (tertiary/aromatic N) is 2. The first-order valence-corrected chi connectivity index (χ1v) is 10.6. The molecule has 0 saturated carbocycles. The maximum absolute atomic E-state index is 14.6. The summed E-state index contributed by atoms with van der Waals surface area (Å²) < 4.78 is 34.6. The van der Waals surface area contributed by atoms with E-state index in [0.29, 0.717) is 33.7 Å². The number of halogens is 2. The van der Waals surface area contributed by atoms with Crippen LogP contribution < -0.4 is 4.74 Å². The van der Waals surface area contributed by atoms with E-state index in [2.05, 4.69) is 10.2 Å². The summed E-state index contributed by atoms with van der Waals surface area (Å²) in [5.41, 5.74) is 2.97. The van der Waals surface area contributed by atoms with Gasteiger partial charge in [-0.1, -0.05) is 18.2 Å². The van der Waals surface area contributed by atoms with Gasteiger partial charge in [0.25, 0.3) is 0 Å². The van der Waals surface area contributed by atoms with Crippen LogP contribution in [0.3, 0.4) is 0 Å². The van der Waals surface area contributed by atoms with Crippen LogP contribution in [0, 0.1) is 11.6 Å². The number of hydrogen-bond acceptors (Lipinski definition) is 4. The summed E-state index contributed by atoms with van der Waals surface area (Å²) in [7, 11) is 0. The molecule has 2 aromatic heterocycles. The number of pyridine rings is 1. The lowest BCUT2D eigenvalue weighted by Gasteiger charge is -2.20. The Hall–Kier alpha value is -4.33. The first kappa shape index (κ1) is 21.5. The molecule has 0 aliphatic heterocycles. The minimum Gasteiger partial charge on any atom is -0.488 e. The maximum Gasteiger partial charge on any atom is 0.338 e. The third kappa shape index (κ3) is 3.73. The molecule has 0 fully saturated rings. The van der Waals surface area contributed by atoms with Crippen molar-refractivity contribution < 1.29 is 23.4 Å². The van der Waals surface area contributed by atoms with Crippen molar-refractivity contribution in [2.45, 2.75) is 20.0 Å². The fraction of sp³-hybridized carbons (Fsp3) is 0.115. The Morgan fingerprint density at radius 2 is 1.76 bits per heavy atom. The highest BCUT2D eigenvalue weighted by molar-refractivity contribution is 6.06. The zero-order chi connectivity index (χ0) is 24.0. The molecule has 6 nitrogen and oxygen atoms in total. The number of aromatic amines is 1. The molecule has 5 aromatic rings. The molecule has 2 heterocycles. The third-order valence-corrected chi connectivity index (χ3v) is 5.46. The number of carbonyl (C=O) groups is 1. The lowest BCUT2D eigenvalue weighted by atomic mass is 9.95. The van der Waals surface area contributed by atoms with E-state index >= 15 is 0 Å². The van der Waals surface area contributed by atoms with Crippen molar-refractivity contribution in [3.63, 3.8) is 0 Å². The molecule has 0 aliphatic rings. The largest absolute Gasteiger partial charge is 0.488 e. The van der Waals surface area contributed by atoms with E-state index in [1.807, 2.05) is 26.0 Å². The number of carboxylic acid groups (broad SMARTS) is 1. The summed E-state index contributed by atoms with van der Waals surface area (Å²) >= 11 is 0. The molecule has 0 aliphatic carbocycles. The summed E-state index contributed by atoms with van der Waals surface area (Å²) in [6.07, 6.45) is 1.44. The van der Waals surface area contributed by atoms with Gasteiger partial charge in [-0.2, -0.15) is 5.10 Å². The van der Waals surface area contributed by atoms with Crippen LogP contribution in [0.25, 0.3) is 44.2 Å². The van der Waals surface area contributed by atoms with Gasteiger partial charge in [-0.05, 0) is 55.8 Å². The van der Waals surface area contributed by atoms with Crippen LogP contribution in [0.4, 0.5) is 8.78 Å². The number of aromatic nitrogens is 3. The van der Waals surface area contributed by atoms with Gasteiger partial charge in [0.2, 0.25) is 0 Å². The summed E-state index contributed by atoms with van der Waals surface area (Å²) in [5.74, 6) is -2.23. The van der Waals surface area contributed by atoms with E-state index in [0.717, 1.165) is 22.4 Å². The van der Waals surface area contributed by atoms with Crippen molar-refractivity contribution in [2.75, 3.05) is 0 Å². The van der Waals surface area contributed by atoms with Crippen molar-refractivity contribution in [2.24, 2.45) is 0 Å². The van der Waals surface area contributed by atoms with Crippen LogP contribution in [-0.4, -0.2) is 32.4 Å². The fourth-order valence-electron chi connectivity index (χ4n) is 3.97. The number of fused-ring (bicyclic) bond motifs is 2. The van der Waals surface area contributed by atoms with Gasteiger partial charge in [0.1, 0.15) is 17.3 Å². The Morgan fingerprint density at radius 1 is 1.03 bits per heavy atom. The molecule has 0 atom stereocenters. The molecule has 0 spiro atoms. The number of hydrogen-bond donors (Lipinski definition) is 2. The molecule has 0 bridgehead atoms. The Kier molecular flexibility index (Phi) is 5.20. The number of benzene rings is 3. The predicted molar refractivity (Wildman–Crippen MR) is 125 cm³/mol. The quantitative estimate of drug-likeness (QED) is 0.326. The van der Waals surface area contributed by atoms with Gasteiger partial charge in [-0.15, -0.1) is 0 Å². The Bertz CT molecular complexity index is 1560. The summed E-state index contributed by atoms with van der Waals surface area (Å²) in [6, 6.07) is 13.6. The van der Waals surface area contributed by atoms with E-state index in [9.17, 15) is 18.7 Å². The number of ether oxygens (including phenoxy) is 1. The lowest BCUT2D eigenvalue weighted by molar-refractivity contribution is 0.0692. The zero-order valence-electron chi connectivity index (χ0n) is 18.3. The van der Waals surface area contributed by atoms with Crippen LogP contribution in [0.1, 0.15) is 24.2 Å². The van der Waals surface area contributed by atoms with Crippen molar-refractivity contribution in [3.05, 3.63) is 78.0 Å². The Labute approximate surface area is 192 Å². The average molecular weight is 459 g/mol. The van der Waals surface area contributed by atoms with Gasteiger partial charge in [0.05, 0.1) is 28.9 Å². The van der Waals surface area contributed by atoms with E-state index in [4.69, 9.17) is 9.72 Å². The van der Waals surface area contributed by atoms with Crippen molar-refractivity contribution in [3.8, 4) is 28.1 Å². The minimum atomic E-state index is -1.36. The number of carboxylic acids is 1. The zero-order valence-corrected chi connectivity index (χ0v) is 18.3. The normalized spacial score (nSPS) is 11.4. The molecule has 0 saturated heterocycles. The molecular weight excluding hydrogens is 440 g/mol. The van der Waals surface area contributed by atoms with Crippen molar-refractivity contribution >= 4 is 27.8 Å². The first-order chi connectivity index (χ1) is 16.3. The Morgan fingerprint density at radius 3 is 2.44 bits per heavy atom. The van der Waals surface area contributed by atoms with Crippen LogP contribution in [-0.2, 0) is 0 Å². The number of aromatic carboxylic acids is 1. The van der Waals surface area contributed by atoms with E-state index in [1.54, 1.807) is 18.3 Å². The standard InChI is InChI=1S/C26H19F2N3O3/c1-13(2)34-25-23(14-3-6-17(27)7-4-14)19-9-16-12-29-31-21(16)11-22(19)30-24(25)15-5-8-18(26(32)33)20(28)10-15/h3-13H,1-2H3,(H,29,31)(H,32,33). The molecule has 0 unspecified atom stereocenters. The second-order valence-electron chi connectivity index (χ2n) is 8.16. The van der Waals surface area contributed by atoms with E-state index in [1.165, 1.54) is 24.3 Å². The monoisotopic (exact) mass is 459 g/mol. The van der Waals surface area contributed by atoms with Crippen LogP contribution in [0.2, 0.25) is 0 Å². The predicted octanol–water partition coefficient (Wildman–Crippen LogP) is 6.21. The summed E-state index contributed by atoms with van der Waals surface area (Å²) in [4.78, 5) is 16.1. The molecule has 170 valence electrons. The molecule has 0 radical (unpaired) electrons. The highest BCUT2D eigenvalue weighted by atomic mass is 19.1. The second kappa shape index (κ2) is 8.22. The van der Waals surface area contributed by atoms with Gasteiger partial charge in [0.15, 0.2) is 5.75 Å². The van der Waals surface area contributed by atoms with E-state index in [-0.39, 0.29) is 11.9 Å². The molecule has 2 N–H and O–H groups in total. The van der Waals surface area contributed by atoms with Gasteiger partial charge >= 0.3 is 5.97 Å². The number of H-pyrrole nitrogens is 1. The van der Waals surface area contributed by atoms with Crippen LogP contribution in [0.15, 0.2) is 60.8 Å². The third-order valence-electron chi connectivity index (χ3n) is 5.46. The summed E-state index contributed by atoms with van der Waals surface area (Å²) in [5, 5.41) is 17.8. The van der Waals surface area contributed by atoms with Gasteiger partial charge in [-0.3, -0.25) is 5.10 Å². The molecule has 3 aromatic carbocycles. The Balaban J connectivity index is 1.89. The van der Waals surface area contributed by atoms with E-state index < -0.39 is 17.3 Å². The molecule has 34 heavy (non-hydrogen) atoms. The highest BCUT2D eigenvalue weighted by Crippen LogP contribution is 2.44. The SMILES string of the molecule is CC(C)Oc1c(-c2ccc(C(=O)O)c(F)c2)nc2cc3[nH]ncc3cc2c1-c1ccc(F)cc1. The molecular formula is C26H19F2N3O3. The van der Waals surface area contributed by atoms with Crippen LogP contribution in [0.5, 0.6) is 5.75 Å². The summed E-state index contributed by atoms with van der Waals surface area (Å²) in [6.45, 7) is 3.71. The van der Waals surface area contributed by atoms with Crippen LogP contribution >= 0.6 is 0 Å². The van der Waals surface area contributed by atoms with Gasteiger partial charge in [-0.25, -0.2) is 18.6 Å². The van der Waals surface area contributed by atoms with Crippen molar-refractivity contribution in [1.29, 1.82) is 0 Å². The van der Waals surface area contributed by atoms with Gasteiger partial charge < -0.3 is 9.84 Å². The minimum absolute atomic E-state index is 0.252. The molecule has 8 heteroatoms. The van der Waals surface area contributed by atoms with Gasteiger partial charge in [0, 0.05) is 21.9 Å². The van der Waals surface area contributed by atoms with Crippen molar-refractivity contribution in [1.82, 2.24) is 15.2 Å². The fourth-order valence-corrected chi connectivity index (χ4v) is 3.97. The molecule has 0 amide bonds. The maximum atomic E-state index is 14.6. The first-order valence-electron chi connectivity index (χ1n) is 10.6. The average Bonchev–Trinajstić information content (AvgIpc) is 3.25. The second-order valence-corrected chi connectivity index (χ2v) is 8.16. The smallest absolute Gasteiger partial charge is 0.338 e.